The number of benzene rings is 1. The van der Waals surface area contributed by atoms with Crippen molar-refractivity contribution < 1.29 is 4.74 Å². The van der Waals surface area contributed by atoms with Crippen molar-refractivity contribution in [1.82, 2.24) is 15.1 Å². The molecule has 6 heteroatoms. The molecular formula is C18H23N5O. The highest BCUT2D eigenvalue weighted by Crippen LogP contribution is 2.21. The van der Waals surface area contributed by atoms with E-state index in [1.54, 1.807) is 7.11 Å². The first-order valence-corrected chi connectivity index (χ1v) is 8.23. The lowest BCUT2D eigenvalue weighted by Gasteiger charge is -2.34. The molecule has 1 aliphatic heterocycles. The van der Waals surface area contributed by atoms with Crippen LogP contribution in [0.5, 0.6) is 5.75 Å². The smallest absolute Gasteiger partial charge is 0.136 e. The molecule has 1 saturated heterocycles. The summed E-state index contributed by atoms with van der Waals surface area (Å²) >= 11 is 0. The summed E-state index contributed by atoms with van der Waals surface area (Å²) in [5.74, 6) is 0.627. The summed E-state index contributed by atoms with van der Waals surface area (Å²) < 4.78 is 7.03. The summed E-state index contributed by atoms with van der Waals surface area (Å²) in [6.45, 7) is 2.81. The zero-order valence-electron chi connectivity index (χ0n) is 14.2. The van der Waals surface area contributed by atoms with Gasteiger partial charge in [-0.15, -0.1) is 0 Å². The Morgan fingerprint density at radius 2 is 2.33 bits per heavy atom. The van der Waals surface area contributed by atoms with Gasteiger partial charge < -0.3 is 15.0 Å². The monoisotopic (exact) mass is 325 g/mol. The highest BCUT2D eigenvalue weighted by atomic mass is 16.5. The molecular weight excluding hydrogens is 302 g/mol. The van der Waals surface area contributed by atoms with Crippen LogP contribution in [0.25, 0.3) is 0 Å². The largest absolute Gasteiger partial charge is 0.495 e. The predicted octanol–water partition coefficient (Wildman–Crippen LogP) is 2.06. The summed E-state index contributed by atoms with van der Waals surface area (Å²) in [4.78, 5) is 2.38. The van der Waals surface area contributed by atoms with Crippen molar-refractivity contribution in [3.8, 4) is 11.8 Å². The van der Waals surface area contributed by atoms with E-state index in [0.29, 0.717) is 17.4 Å². The fourth-order valence-corrected chi connectivity index (χ4v) is 3.16. The van der Waals surface area contributed by atoms with Gasteiger partial charge in [-0.2, -0.15) is 10.4 Å². The number of hydrogen-bond acceptors (Lipinski definition) is 5. The van der Waals surface area contributed by atoms with Gasteiger partial charge in [0.05, 0.1) is 24.6 Å². The number of methoxy groups -OCH3 is 1. The standard InChI is InChI=1S/C18H23N5O/c1-22-13-17(11-21-22)23-7-3-4-16(12-23)20-10-14-5-6-18(24-2)15(8-14)9-19/h5-6,8,11,13,16,20H,3-4,7,10,12H2,1-2H3. The molecule has 1 aliphatic rings. The maximum Gasteiger partial charge on any atom is 0.136 e. The maximum atomic E-state index is 9.19. The van der Waals surface area contributed by atoms with Crippen LogP contribution in [0.4, 0.5) is 5.69 Å². The third-order valence-corrected chi connectivity index (χ3v) is 4.46. The average molecular weight is 325 g/mol. The van der Waals surface area contributed by atoms with Gasteiger partial charge in [-0.1, -0.05) is 6.07 Å². The normalized spacial score (nSPS) is 17.5. The molecule has 3 rings (SSSR count). The number of nitrogens with one attached hydrogen (secondary N) is 1. The summed E-state index contributed by atoms with van der Waals surface area (Å²) in [5.41, 5.74) is 2.86. The highest BCUT2D eigenvalue weighted by molar-refractivity contribution is 5.45. The predicted molar refractivity (Wildman–Crippen MR) is 93.0 cm³/mol. The topological polar surface area (TPSA) is 66.1 Å². The van der Waals surface area contributed by atoms with Crippen molar-refractivity contribution in [2.45, 2.75) is 25.4 Å². The van der Waals surface area contributed by atoms with Crippen LogP contribution in [0.3, 0.4) is 0 Å². The molecule has 6 nitrogen and oxygen atoms in total. The van der Waals surface area contributed by atoms with Crippen molar-refractivity contribution in [2.75, 3.05) is 25.1 Å². The molecule has 0 saturated carbocycles. The molecule has 1 N–H and O–H groups in total. The summed E-state index contributed by atoms with van der Waals surface area (Å²) in [5, 5.41) is 17.1. The molecule has 126 valence electrons. The fraction of sp³-hybridized carbons (Fsp3) is 0.444. The van der Waals surface area contributed by atoms with Crippen LogP contribution in [0.15, 0.2) is 30.6 Å². The van der Waals surface area contributed by atoms with Gasteiger partial charge in [-0.25, -0.2) is 0 Å². The second kappa shape index (κ2) is 7.37. The van der Waals surface area contributed by atoms with Crippen molar-refractivity contribution in [1.29, 1.82) is 5.26 Å². The number of aromatic nitrogens is 2. The lowest BCUT2D eigenvalue weighted by Crippen LogP contribution is -2.45. The Labute approximate surface area is 142 Å². The molecule has 0 bridgehead atoms. The Kier molecular flexibility index (Phi) is 5.02. The number of hydrogen-bond donors (Lipinski definition) is 1. The zero-order valence-corrected chi connectivity index (χ0v) is 14.2. The molecule has 1 atom stereocenters. The Morgan fingerprint density at radius 3 is 3.04 bits per heavy atom. The molecule has 0 radical (unpaired) electrons. The molecule has 1 aromatic heterocycles. The lowest BCUT2D eigenvalue weighted by atomic mass is 10.0. The van der Waals surface area contributed by atoms with Gasteiger partial charge in [-0.3, -0.25) is 4.68 Å². The number of ether oxygens (including phenoxy) is 1. The van der Waals surface area contributed by atoms with Crippen LogP contribution in [-0.2, 0) is 13.6 Å². The van der Waals surface area contributed by atoms with Gasteiger partial charge >= 0.3 is 0 Å². The first kappa shape index (κ1) is 16.3. The number of nitrogens with zero attached hydrogens (tertiary/aromatic N) is 4. The number of anilines is 1. The van der Waals surface area contributed by atoms with Crippen LogP contribution < -0.4 is 15.0 Å². The van der Waals surface area contributed by atoms with E-state index in [1.807, 2.05) is 36.1 Å². The summed E-state index contributed by atoms with van der Waals surface area (Å²) in [7, 11) is 3.53. The molecule has 24 heavy (non-hydrogen) atoms. The number of nitriles is 1. The lowest BCUT2D eigenvalue weighted by molar-refractivity contribution is 0.411. The van der Waals surface area contributed by atoms with Crippen molar-refractivity contribution >= 4 is 5.69 Å². The van der Waals surface area contributed by atoms with Gasteiger partial charge in [0.2, 0.25) is 0 Å². The van der Waals surface area contributed by atoms with Gasteiger partial charge in [-0.05, 0) is 30.5 Å². The van der Waals surface area contributed by atoms with Crippen LogP contribution in [0.1, 0.15) is 24.0 Å². The first-order valence-electron chi connectivity index (χ1n) is 8.23. The van der Waals surface area contributed by atoms with Crippen molar-refractivity contribution in [2.24, 2.45) is 7.05 Å². The second-order valence-electron chi connectivity index (χ2n) is 6.18. The van der Waals surface area contributed by atoms with Gasteiger partial charge in [0.15, 0.2) is 0 Å². The van der Waals surface area contributed by atoms with Crippen LogP contribution in [-0.4, -0.2) is 36.0 Å². The minimum Gasteiger partial charge on any atom is -0.495 e. The van der Waals surface area contributed by atoms with Crippen LogP contribution in [0.2, 0.25) is 0 Å². The summed E-state index contributed by atoms with van der Waals surface area (Å²) in [6, 6.07) is 8.39. The molecule has 1 unspecified atom stereocenters. The third kappa shape index (κ3) is 3.69. The van der Waals surface area contributed by atoms with Crippen LogP contribution in [0, 0.1) is 11.3 Å². The zero-order chi connectivity index (χ0) is 16.9. The minimum absolute atomic E-state index is 0.437. The molecule has 0 amide bonds. The van der Waals surface area contributed by atoms with E-state index in [1.165, 1.54) is 12.1 Å². The van der Waals surface area contributed by atoms with Gasteiger partial charge in [0.25, 0.3) is 0 Å². The third-order valence-electron chi connectivity index (χ3n) is 4.46. The highest BCUT2D eigenvalue weighted by Gasteiger charge is 2.20. The second-order valence-corrected chi connectivity index (χ2v) is 6.18. The van der Waals surface area contributed by atoms with Gasteiger partial charge in [0, 0.05) is 38.9 Å². The molecule has 1 aromatic carbocycles. The van der Waals surface area contributed by atoms with E-state index in [-0.39, 0.29) is 0 Å². The van der Waals surface area contributed by atoms with Crippen molar-refractivity contribution in [3.05, 3.63) is 41.7 Å². The molecule has 0 spiro atoms. The Bertz CT molecular complexity index is 733. The summed E-state index contributed by atoms with van der Waals surface area (Å²) in [6.07, 6.45) is 6.31. The number of rotatable bonds is 5. The quantitative estimate of drug-likeness (QED) is 0.911. The number of aryl methyl sites for hydroxylation is 1. The van der Waals surface area contributed by atoms with Crippen LogP contribution >= 0.6 is 0 Å². The van der Waals surface area contributed by atoms with Crippen molar-refractivity contribution in [3.63, 3.8) is 0 Å². The van der Waals surface area contributed by atoms with E-state index in [0.717, 1.165) is 31.6 Å². The Balaban J connectivity index is 1.59. The molecule has 1 fully saturated rings. The average Bonchev–Trinajstić information content (AvgIpc) is 3.06. The minimum atomic E-state index is 0.437. The molecule has 2 heterocycles. The first-order chi connectivity index (χ1) is 11.7. The molecule has 0 aliphatic carbocycles. The van der Waals surface area contributed by atoms with E-state index in [4.69, 9.17) is 4.74 Å². The SMILES string of the molecule is COc1ccc(CNC2CCCN(c3cnn(C)c3)C2)cc1C#N. The Hall–Kier alpha value is -2.52. The Morgan fingerprint density at radius 1 is 1.46 bits per heavy atom. The fourth-order valence-electron chi connectivity index (χ4n) is 3.16. The molecule has 2 aromatic rings. The van der Waals surface area contributed by atoms with E-state index >= 15 is 0 Å². The van der Waals surface area contributed by atoms with E-state index in [2.05, 4.69) is 27.6 Å². The number of piperidine rings is 1. The van der Waals surface area contributed by atoms with E-state index < -0.39 is 0 Å². The van der Waals surface area contributed by atoms with E-state index in [9.17, 15) is 5.26 Å². The maximum absolute atomic E-state index is 9.19. The van der Waals surface area contributed by atoms with Gasteiger partial charge in [0.1, 0.15) is 11.8 Å².